The molecule has 6 rings (SSSR count). The Morgan fingerprint density at radius 3 is 0.630 bits per heavy atom. The van der Waals surface area contributed by atoms with Crippen molar-refractivity contribution >= 4 is 46.4 Å². The average molecular weight is 767 g/mol. The number of hydrogen-bond acceptors (Lipinski definition) is 0. The topological polar surface area (TPSA) is 0 Å². The summed E-state index contributed by atoms with van der Waals surface area (Å²) in [6, 6.07) is 67.3. The molecule has 0 heterocycles. The Morgan fingerprint density at radius 1 is 0.283 bits per heavy atom. The van der Waals surface area contributed by atoms with Crippen LogP contribution in [-0.4, -0.2) is 12.3 Å². The number of halogens is 2. The van der Waals surface area contributed by atoms with E-state index in [1.165, 1.54) is 31.8 Å². The van der Waals surface area contributed by atoms with Crippen LogP contribution in [-0.2, 0) is 0 Å². The molecular weight excluding hydrogens is 726 g/mol. The monoisotopic (exact) mass is 764 g/mol. The molecular formula is C42H40Br2P2. The molecule has 46 heavy (non-hydrogen) atoms. The third kappa shape index (κ3) is 7.70. The van der Waals surface area contributed by atoms with E-state index in [0.717, 1.165) is 25.2 Å². The lowest BCUT2D eigenvalue weighted by molar-refractivity contribution is -0.001000. The van der Waals surface area contributed by atoms with Crippen molar-refractivity contribution in [2.24, 2.45) is 0 Å². The highest BCUT2D eigenvalue weighted by Crippen LogP contribution is 2.57. The molecule has 4 heteroatoms. The van der Waals surface area contributed by atoms with Gasteiger partial charge in [-0.25, -0.2) is 0 Å². The van der Waals surface area contributed by atoms with E-state index in [1.807, 2.05) is 0 Å². The Kier molecular flexibility index (Phi) is 13.7. The van der Waals surface area contributed by atoms with Gasteiger partial charge in [-0.1, -0.05) is 121 Å². The number of hydrogen-bond donors (Lipinski definition) is 0. The van der Waals surface area contributed by atoms with Crippen molar-refractivity contribution in [1.29, 1.82) is 0 Å². The Labute approximate surface area is 297 Å². The molecule has 0 saturated heterocycles. The summed E-state index contributed by atoms with van der Waals surface area (Å²) in [5, 5.41) is 8.71. The van der Waals surface area contributed by atoms with E-state index in [-0.39, 0.29) is 34.0 Å². The van der Waals surface area contributed by atoms with Gasteiger partial charge in [0.25, 0.3) is 0 Å². The van der Waals surface area contributed by atoms with Gasteiger partial charge >= 0.3 is 0 Å². The molecule has 0 aromatic heterocycles. The minimum atomic E-state index is -1.82. The summed E-state index contributed by atoms with van der Waals surface area (Å²) >= 11 is 0. The van der Waals surface area contributed by atoms with Gasteiger partial charge in [0.2, 0.25) is 0 Å². The maximum absolute atomic E-state index is 2.46. The number of allylic oxidation sites excluding steroid dienone is 2. The minimum absolute atomic E-state index is 0. The molecule has 0 fully saturated rings. The summed E-state index contributed by atoms with van der Waals surface area (Å²) in [6.07, 6.45) is 9.22. The van der Waals surface area contributed by atoms with Crippen molar-refractivity contribution in [2.75, 3.05) is 12.3 Å². The summed E-state index contributed by atoms with van der Waals surface area (Å²) in [7, 11) is -3.64. The molecule has 0 amide bonds. The molecule has 0 bridgehead atoms. The predicted molar refractivity (Wildman–Crippen MR) is 198 cm³/mol. The lowest BCUT2D eigenvalue weighted by atomic mass is 10.3. The van der Waals surface area contributed by atoms with Gasteiger partial charge in [0.15, 0.2) is 0 Å². The van der Waals surface area contributed by atoms with E-state index in [2.05, 4.69) is 194 Å². The Hall–Kier alpha value is -3.12. The third-order valence-electron chi connectivity index (χ3n) is 8.61. The molecule has 6 aromatic rings. The molecule has 0 aliphatic rings. The fraction of sp³-hybridized carbons (Fsp3) is 0.0952. The molecule has 232 valence electrons. The van der Waals surface area contributed by atoms with Gasteiger partial charge in [0.1, 0.15) is 46.4 Å². The lowest BCUT2D eigenvalue weighted by Crippen LogP contribution is -3.00. The minimum Gasteiger partial charge on any atom is -1.00 e. The zero-order valence-electron chi connectivity index (χ0n) is 26.0. The SMILES string of the molecule is C(=C/CC[P+](c1ccccc1)(c1ccccc1)c1ccccc1)/CC[P+](c1ccccc1)(c1ccccc1)c1ccccc1.[Br-].[Br-]. The second-order valence-electron chi connectivity index (χ2n) is 11.1. The van der Waals surface area contributed by atoms with Crippen LogP contribution in [0.5, 0.6) is 0 Å². The first-order valence-electron chi connectivity index (χ1n) is 15.6. The zero-order chi connectivity index (χ0) is 29.9. The largest absolute Gasteiger partial charge is 1.00 e. The molecule has 0 saturated carbocycles. The van der Waals surface area contributed by atoms with Gasteiger partial charge in [-0.2, -0.15) is 0 Å². The number of benzene rings is 6. The standard InChI is InChI=1S/C42H40P2.2BrH/c1(21-35-43(37-23-9-3-10-24-37,38-25-11-4-12-26-38)39-27-13-5-14-28-39)2-22-36-44(40-29-15-6-16-30-40,41-31-17-7-18-32-41)42-33-19-8-20-34-42;;/h1-20,23-34H,21-22,35-36H2;2*1H/q+2;;/p-2/b2-1-;;. The highest BCUT2D eigenvalue weighted by molar-refractivity contribution is 7.96. The first kappa shape index (κ1) is 35.7. The van der Waals surface area contributed by atoms with E-state index in [9.17, 15) is 0 Å². The smallest absolute Gasteiger partial charge is 0.112 e. The summed E-state index contributed by atoms with van der Waals surface area (Å²) in [6.45, 7) is 0. The van der Waals surface area contributed by atoms with Gasteiger partial charge in [0.05, 0.1) is 12.3 Å². The fourth-order valence-corrected chi connectivity index (χ4v) is 15.0. The van der Waals surface area contributed by atoms with Crippen LogP contribution in [0.2, 0.25) is 0 Å². The van der Waals surface area contributed by atoms with E-state index < -0.39 is 14.5 Å². The van der Waals surface area contributed by atoms with Crippen molar-refractivity contribution in [2.45, 2.75) is 12.8 Å². The van der Waals surface area contributed by atoms with Crippen LogP contribution in [0.3, 0.4) is 0 Å². The molecule has 0 nitrogen and oxygen atoms in total. The van der Waals surface area contributed by atoms with Gasteiger partial charge < -0.3 is 34.0 Å². The highest BCUT2D eigenvalue weighted by atomic mass is 79.9. The van der Waals surface area contributed by atoms with E-state index in [1.54, 1.807) is 0 Å². The Balaban J connectivity index is 0.00000240. The van der Waals surface area contributed by atoms with E-state index in [0.29, 0.717) is 0 Å². The molecule has 0 aliphatic carbocycles. The molecule has 0 radical (unpaired) electrons. The van der Waals surface area contributed by atoms with Gasteiger partial charge in [-0.3, -0.25) is 0 Å². The summed E-state index contributed by atoms with van der Waals surface area (Å²) < 4.78 is 0. The van der Waals surface area contributed by atoms with Crippen molar-refractivity contribution in [3.63, 3.8) is 0 Å². The van der Waals surface area contributed by atoms with Crippen LogP contribution in [0.25, 0.3) is 0 Å². The maximum atomic E-state index is 2.46. The van der Waals surface area contributed by atoms with Crippen molar-refractivity contribution in [3.05, 3.63) is 194 Å². The van der Waals surface area contributed by atoms with Crippen molar-refractivity contribution in [3.8, 4) is 0 Å². The van der Waals surface area contributed by atoms with Crippen LogP contribution >= 0.6 is 14.5 Å². The first-order chi connectivity index (χ1) is 21.8. The molecule has 0 N–H and O–H groups in total. The van der Waals surface area contributed by atoms with Gasteiger partial charge in [0, 0.05) is 12.8 Å². The summed E-state index contributed by atoms with van der Waals surface area (Å²) in [4.78, 5) is 0. The zero-order valence-corrected chi connectivity index (χ0v) is 30.9. The fourth-order valence-electron chi connectivity index (χ4n) is 6.54. The Bertz CT molecular complexity index is 1400. The lowest BCUT2D eigenvalue weighted by Gasteiger charge is -2.27. The van der Waals surface area contributed by atoms with Crippen molar-refractivity contribution < 1.29 is 34.0 Å². The Morgan fingerprint density at radius 2 is 0.457 bits per heavy atom. The van der Waals surface area contributed by atoms with Crippen LogP contribution in [0.1, 0.15) is 12.8 Å². The quantitative estimate of drug-likeness (QED) is 0.133. The highest BCUT2D eigenvalue weighted by Gasteiger charge is 2.45. The second kappa shape index (κ2) is 17.7. The molecule has 0 atom stereocenters. The average Bonchev–Trinajstić information content (AvgIpc) is 3.12. The molecule has 6 aromatic carbocycles. The second-order valence-corrected chi connectivity index (χ2v) is 18.4. The molecule has 0 spiro atoms. The van der Waals surface area contributed by atoms with Crippen LogP contribution < -0.4 is 65.8 Å². The molecule has 0 aliphatic heterocycles. The predicted octanol–water partition coefficient (Wildman–Crippen LogP) is 2.32. The third-order valence-corrected chi connectivity index (χ3v) is 17.5. The van der Waals surface area contributed by atoms with Crippen LogP contribution in [0, 0.1) is 0 Å². The van der Waals surface area contributed by atoms with Crippen molar-refractivity contribution in [1.82, 2.24) is 0 Å². The van der Waals surface area contributed by atoms with Gasteiger partial charge in [-0.15, -0.1) is 0 Å². The molecule has 0 unspecified atom stereocenters. The van der Waals surface area contributed by atoms with Crippen LogP contribution in [0.4, 0.5) is 0 Å². The van der Waals surface area contributed by atoms with Gasteiger partial charge in [-0.05, 0) is 72.8 Å². The summed E-state index contributed by atoms with van der Waals surface area (Å²) in [5.41, 5.74) is 0. The first-order valence-corrected chi connectivity index (χ1v) is 19.5. The summed E-state index contributed by atoms with van der Waals surface area (Å²) in [5.74, 6) is 0. The van der Waals surface area contributed by atoms with Crippen LogP contribution in [0.15, 0.2) is 194 Å². The normalized spacial score (nSPS) is 11.4. The maximum Gasteiger partial charge on any atom is 0.112 e. The van der Waals surface area contributed by atoms with E-state index >= 15 is 0 Å². The van der Waals surface area contributed by atoms with E-state index in [4.69, 9.17) is 0 Å². The number of rotatable bonds is 12.